The monoisotopic (exact) mass is 141 g/mol. The van der Waals surface area contributed by atoms with Crippen molar-refractivity contribution in [1.29, 1.82) is 0 Å². The molecule has 0 atom stereocenters. The van der Waals surface area contributed by atoms with Gasteiger partial charge in [0.1, 0.15) is 0 Å². The van der Waals surface area contributed by atoms with E-state index in [9.17, 15) is 0 Å². The smallest absolute Gasteiger partial charge is 0.0150 e. The molecule has 0 bridgehead atoms. The van der Waals surface area contributed by atoms with Gasteiger partial charge in [0.2, 0.25) is 0 Å². The summed E-state index contributed by atoms with van der Waals surface area (Å²) >= 11 is 5.49. The van der Waals surface area contributed by atoms with Crippen LogP contribution in [0.3, 0.4) is 0 Å². The molecule has 0 amide bonds. The molecule has 0 aliphatic carbocycles. The van der Waals surface area contributed by atoms with Crippen LogP contribution in [0, 0.1) is 12.5 Å². The SMILES string of the molecule is C#CN/C=C\C=C(/C)Cl. The average Bonchev–Trinajstić information content (AvgIpc) is 1.80. The molecule has 0 aromatic rings. The molecule has 0 radical (unpaired) electrons. The van der Waals surface area contributed by atoms with Crippen LogP contribution < -0.4 is 5.32 Å². The maximum atomic E-state index is 5.49. The summed E-state index contributed by atoms with van der Waals surface area (Å²) in [5.74, 6) is 0. The standard InChI is InChI=1S/C7H8ClN/c1-3-9-6-4-5-7(2)8/h1,4-6,9H,2H3/b6-4-,7-5+. The number of halogens is 1. The number of hydrogen-bond acceptors (Lipinski definition) is 1. The Hall–Kier alpha value is -0.870. The topological polar surface area (TPSA) is 12.0 Å². The van der Waals surface area contributed by atoms with Gasteiger partial charge >= 0.3 is 0 Å². The van der Waals surface area contributed by atoms with Gasteiger partial charge in [0.05, 0.1) is 0 Å². The summed E-state index contributed by atoms with van der Waals surface area (Å²) in [5.41, 5.74) is 0. The van der Waals surface area contributed by atoms with Crippen LogP contribution in [0.4, 0.5) is 0 Å². The largest absolute Gasteiger partial charge is 0.322 e. The lowest BCUT2D eigenvalue weighted by Crippen LogP contribution is -1.89. The fraction of sp³-hybridized carbons (Fsp3) is 0.143. The number of rotatable bonds is 2. The molecule has 0 fully saturated rings. The van der Waals surface area contributed by atoms with Crippen molar-refractivity contribution >= 4 is 11.6 Å². The minimum atomic E-state index is 0.727. The lowest BCUT2D eigenvalue weighted by molar-refractivity contribution is 1.26. The van der Waals surface area contributed by atoms with Gasteiger partial charge in [0, 0.05) is 17.3 Å². The maximum Gasteiger partial charge on any atom is 0.0150 e. The van der Waals surface area contributed by atoms with Crippen molar-refractivity contribution in [1.82, 2.24) is 5.32 Å². The summed E-state index contributed by atoms with van der Waals surface area (Å²) in [5, 5.41) is 3.27. The number of nitrogens with one attached hydrogen (secondary N) is 1. The average molecular weight is 142 g/mol. The molecular formula is C7H8ClN. The molecular weight excluding hydrogens is 134 g/mol. The molecule has 0 saturated heterocycles. The molecule has 0 rings (SSSR count). The first-order valence-electron chi connectivity index (χ1n) is 2.47. The highest BCUT2D eigenvalue weighted by atomic mass is 35.5. The lowest BCUT2D eigenvalue weighted by atomic mass is 10.5. The fourth-order valence-electron chi connectivity index (χ4n) is 0.277. The van der Waals surface area contributed by atoms with Crippen LogP contribution in [-0.4, -0.2) is 0 Å². The summed E-state index contributed by atoms with van der Waals surface area (Å²) in [6.07, 6.45) is 9.99. The second-order valence-electron chi connectivity index (χ2n) is 1.40. The molecule has 0 aromatic carbocycles. The van der Waals surface area contributed by atoms with Gasteiger partial charge in [0.15, 0.2) is 0 Å². The van der Waals surface area contributed by atoms with E-state index in [1.54, 1.807) is 25.3 Å². The van der Waals surface area contributed by atoms with Crippen molar-refractivity contribution in [2.24, 2.45) is 0 Å². The summed E-state index contributed by atoms with van der Waals surface area (Å²) in [7, 11) is 0. The molecule has 1 nitrogen and oxygen atoms in total. The maximum absolute atomic E-state index is 5.49. The molecule has 0 heterocycles. The Labute approximate surface area is 60.4 Å². The highest BCUT2D eigenvalue weighted by Gasteiger charge is 1.70. The van der Waals surface area contributed by atoms with Gasteiger partial charge in [0.25, 0.3) is 0 Å². The van der Waals surface area contributed by atoms with Crippen LogP contribution >= 0.6 is 11.6 Å². The summed E-state index contributed by atoms with van der Waals surface area (Å²) in [4.78, 5) is 0. The van der Waals surface area contributed by atoms with E-state index in [4.69, 9.17) is 18.0 Å². The quantitative estimate of drug-likeness (QED) is 0.352. The van der Waals surface area contributed by atoms with E-state index in [0.29, 0.717) is 0 Å². The Morgan fingerprint density at radius 2 is 2.44 bits per heavy atom. The summed E-state index contributed by atoms with van der Waals surface area (Å²) in [6, 6.07) is 2.23. The van der Waals surface area contributed by atoms with Gasteiger partial charge < -0.3 is 5.32 Å². The van der Waals surface area contributed by atoms with Crippen molar-refractivity contribution in [3.05, 3.63) is 23.4 Å². The van der Waals surface area contributed by atoms with Crippen LogP contribution in [0.25, 0.3) is 0 Å². The van der Waals surface area contributed by atoms with E-state index in [1.807, 2.05) is 0 Å². The van der Waals surface area contributed by atoms with Gasteiger partial charge in [-0.15, -0.1) is 0 Å². The van der Waals surface area contributed by atoms with Gasteiger partial charge in [-0.05, 0) is 19.1 Å². The first-order chi connectivity index (χ1) is 4.27. The Morgan fingerprint density at radius 1 is 1.78 bits per heavy atom. The van der Waals surface area contributed by atoms with Crippen LogP contribution in [-0.2, 0) is 0 Å². The zero-order valence-electron chi connectivity index (χ0n) is 5.19. The van der Waals surface area contributed by atoms with Gasteiger partial charge in [-0.3, -0.25) is 0 Å². The Kier molecular flexibility index (Phi) is 4.76. The number of terminal acetylenes is 1. The van der Waals surface area contributed by atoms with Crippen molar-refractivity contribution in [3.8, 4) is 12.5 Å². The van der Waals surface area contributed by atoms with Crippen LogP contribution in [0.2, 0.25) is 0 Å². The predicted octanol–water partition coefficient (Wildman–Crippen LogP) is 1.82. The van der Waals surface area contributed by atoms with E-state index >= 15 is 0 Å². The normalized spacial score (nSPS) is 11.4. The Bertz CT molecular complexity index is 158. The van der Waals surface area contributed by atoms with Crippen molar-refractivity contribution in [2.75, 3.05) is 0 Å². The number of hydrogen-bond donors (Lipinski definition) is 1. The van der Waals surface area contributed by atoms with Crippen molar-refractivity contribution < 1.29 is 0 Å². The van der Waals surface area contributed by atoms with Gasteiger partial charge in [-0.1, -0.05) is 18.0 Å². The molecule has 9 heavy (non-hydrogen) atoms. The second kappa shape index (κ2) is 5.27. The van der Waals surface area contributed by atoms with Gasteiger partial charge in [-0.25, -0.2) is 0 Å². The minimum Gasteiger partial charge on any atom is -0.322 e. The summed E-state index contributed by atoms with van der Waals surface area (Å²) < 4.78 is 0. The third-order valence-corrected chi connectivity index (χ3v) is 0.715. The Balaban J connectivity index is 3.51. The summed E-state index contributed by atoms with van der Waals surface area (Å²) in [6.45, 7) is 1.79. The van der Waals surface area contributed by atoms with E-state index in [2.05, 4.69) is 11.4 Å². The Morgan fingerprint density at radius 3 is 2.89 bits per heavy atom. The van der Waals surface area contributed by atoms with E-state index < -0.39 is 0 Å². The molecule has 0 saturated carbocycles. The molecule has 2 heteroatoms. The molecule has 0 aliphatic rings. The lowest BCUT2D eigenvalue weighted by Gasteiger charge is -1.80. The highest BCUT2D eigenvalue weighted by Crippen LogP contribution is 1.96. The van der Waals surface area contributed by atoms with E-state index in [1.165, 1.54) is 0 Å². The second-order valence-corrected chi connectivity index (χ2v) is 2.00. The molecule has 1 N–H and O–H groups in total. The first kappa shape index (κ1) is 8.13. The van der Waals surface area contributed by atoms with Crippen molar-refractivity contribution in [3.63, 3.8) is 0 Å². The van der Waals surface area contributed by atoms with Crippen LogP contribution in [0.5, 0.6) is 0 Å². The van der Waals surface area contributed by atoms with Crippen LogP contribution in [0.1, 0.15) is 6.92 Å². The van der Waals surface area contributed by atoms with Crippen LogP contribution in [0.15, 0.2) is 23.4 Å². The minimum absolute atomic E-state index is 0.727. The third-order valence-electron chi connectivity index (χ3n) is 0.589. The third kappa shape index (κ3) is 7.13. The van der Waals surface area contributed by atoms with Gasteiger partial charge in [-0.2, -0.15) is 0 Å². The molecule has 0 unspecified atom stereocenters. The van der Waals surface area contributed by atoms with E-state index in [-0.39, 0.29) is 0 Å². The number of allylic oxidation sites excluding steroid dienone is 3. The fourth-order valence-corrected chi connectivity index (χ4v) is 0.350. The highest BCUT2D eigenvalue weighted by molar-refractivity contribution is 6.29. The molecule has 0 spiro atoms. The molecule has 0 aliphatic heterocycles. The first-order valence-corrected chi connectivity index (χ1v) is 2.85. The van der Waals surface area contributed by atoms with Crippen molar-refractivity contribution in [2.45, 2.75) is 6.92 Å². The van der Waals surface area contributed by atoms with E-state index in [0.717, 1.165) is 5.03 Å². The molecule has 48 valence electrons. The molecule has 0 aromatic heterocycles. The zero-order chi connectivity index (χ0) is 7.11. The zero-order valence-corrected chi connectivity index (χ0v) is 5.94. The predicted molar refractivity (Wildman–Crippen MR) is 40.7 cm³/mol.